The SMILES string of the molecule is Cc1cc2c(C(N)=O)cccc2n1-c1ncc(Cl)c(NCc2ccccc2)n1. The predicted octanol–water partition coefficient (Wildman–Crippen LogP) is 4.09. The van der Waals surface area contributed by atoms with E-state index in [1.54, 1.807) is 18.3 Å². The number of nitrogens with two attached hydrogens (primary N) is 1. The average Bonchev–Trinajstić information content (AvgIpc) is 3.04. The molecule has 0 unspecified atom stereocenters. The summed E-state index contributed by atoms with van der Waals surface area (Å²) in [5, 5.41) is 4.46. The molecule has 4 aromatic rings. The predicted molar refractivity (Wildman–Crippen MR) is 111 cm³/mol. The Morgan fingerprint density at radius 2 is 1.96 bits per heavy atom. The maximum Gasteiger partial charge on any atom is 0.249 e. The number of primary amides is 1. The van der Waals surface area contributed by atoms with E-state index in [0.29, 0.717) is 28.9 Å². The van der Waals surface area contributed by atoms with Gasteiger partial charge in [0.25, 0.3) is 0 Å². The van der Waals surface area contributed by atoms with Gasteiger partial charge in [-0.25, -0.2) is 4.98 Å². The number of carbonyl (C=O) groups excluding carboxylic acids is 1. The van der Waals surface area contributed by atoms with E-state index in [2.05, 4.69) is 15.3 Å². The van der Waals surface area contributed by atoms with E-state index in [1.165, 1.54) is 0 Å². The third kappa shape index (κ3) is 3.30. The second-order valence-corrected chi connectivity index (χ2v) is 6.84. The van der Waals surface area contributed by atoms with Crippen LogP contribution in [0.1, 0.15) is 21.6 Å². The van der Waals surface area contributed by atoms with Crippen LogP contribution in [0.25, 0.3) is 16.9 Å². The standard InChI is InChI=1S/C21H18ClN5O/c1-13-10-16-15(19(23)28)8-5-9-18(16)27(13)21-25-12-17(22)20(26-21)24-11-14-6-3-2-4-7-14/h2-10,12H,11H2,1H3,(H2,23,28)(H,24,25,26). The summed E-state index contributed by atoms with van der Waals surface area (Å²) in [4.78, 5) is 20.7. The quantitative estimate of drug-likeness (QED) is 0.536. The molecular weight excluding hydrogens is 374 g/mol. The van der Waals surface area contributed by atoms with Crippen LogP contribution in [0.2, 0.25) is 5.02 Å². The molecule has 2 heterocycles. The van der Waals surface area contributed by atoms with E-state index in [-0.39, 0.29) is 0 Å². The van der Waals surface area contributed by atoms with Crippen LogP contribution in [0.15, 0.2) is 60.8 Å². The van der Waals surface area contributed by atoms with Crippen LogP contribution in [0, 0.1) is 6.92 Å². The van der Waals surface area contributed by atoms with Gasteiger partial charge in [-0.15, -0.1) is 0 Å². The number of fused-ring (bicyclic) bond motifs is 1. The van der Waals surface area contributed by atoms with Crippen LogP contribution in [0.3, 0.4) is 0 Å². The smallest absolute Gasteiger partial charge is 0.249 e. The number of rotatable bonds is 5. The topological polar surface area (TPSA) is 85.8 Å². The van der Waals surface area contributed by atoms with Gasteiger partial charge >= 0.3 is 0 Å². The molecule has 2 aromatic carbocycles. The van der Waals surface area contributed by atoms with Gasteiger partial charge in [-0.1, -0.05) is 48.0 Å². The van der Waals surface area contributed by atoms with E-state index in [4.69, 9.17) is 17.3 Å². The lowest BCUT2D eigenvalue weighted by Gasteiger charge is -2.11. The Labute approximate surface area is 167 Å². The Morgan fingerprint density at radius 3 is 2.71 bits per heavy atom. The third-order valence-corrected chi connectivity index (χ3v) is 4.81. The summed E-state index contributed by atoms with van der Waals surface area (Å²) < 4.78 is 1.88. The molecule has 0 spiro atoms. The van der Waals surface area contributed by atoms with Crippen molar-refractivity contribution in [3.63, 3.8) is 0 Å². The Balaban J connectivity index is 1.75. The highest BCUT2D eigenvalue weighted by Gasteiger charge is 2.16. The van der Waals surface area contributed by atoms with Gasteiger partial charge in [-0.3, -0.25) is 9.36 Å². The van der Waals surface area contributed by atoms with Gasteiger partial charge < -0.3 is 11.1 Å². The second kappa shape index (κ2) is 7.32. The molecule has 140 valence electrons. The minimum atomic E-state index is -0.468. The van der Waals surface area contributed by atoms with E-state index in [9.17, 15) is 4.79 Å². The molecular formula is C21H18ClN5O. The average molecular weight is 392 g/mol. The number of carbonyl (C=O) groups is 1. The molecule has 0 aliphatic carbocycles. The van der Waals surface area contributed by atoms with Gasteiger partial charge in [0.05, 0.1) is 11.7 Å². The summed E-state index contributed by atoms with van der Waals surface area (Å²) >= 11 is 6.29. The molecule has 3 N–H and O–H groups in total. The fourth-order valence-electron chi connectivity index (χ4n) is 3.21. The molecule has 0 bridgehead atoms. The van der Waals surface area contributed by atoms with Crippen molar-refractivity contribution >= 4 is 34.2 Å². The highest BCUT2D eigenvalue weighted by Crippen LogP contribution is 2.27. The molecule has 28 heavy (non-hydrogen) atoms. The highest BCUT2D eigenvalue weighted by atomic mass is 35.5. The van der Waals surface area contributed by atoms with Gasteiger partial charge in [0.15, 0.2) is 5.82 Å². The number of nitrogens with one attached hydrogen (secondary N) is 1. The number of aryl methyl sites for hydroxylation is 1. The largest absolute Gasteiger partial charge is 0.366 e. The van der Waals surface area contributed by atoms with Crippen LogP contribution >= 0.6 is 11.6 Å². The van der Waals surface area contributed by atoms with Crippen LogP contribution in [-0.2, 0) is 6.54 Å². The van der Waals surface area contributed by atoms with E-state index >= 15 is 0 Å². The first-order chi connectivity index (χ1) is 13.5. The van der Waals surface area contributed by atoms with Gasteiger partial charge in [-0.2, -0.15) is 4.98 Å². The summed E-state index contributed by atoms with van der Waals surface area (Å²) in [6.45, 7) is 2.52. The van der Waals surface area contributed by atoms with Crippen molar-refractivity contribution < 1.29 is 4.79 Å². The number of nitrogens with zero attached hydrogens (tertiary/aromatic N) is 3. The van der Waals surface area contributed by atoms with E-state index in [0.717, 1.165) is 22.2 Å². The lowest BCUT2D eigenvalue weighted by molar-refractivity contribution is 0.100. The van der Waals surface area contributed by atoms with Crippen molar-refractivity contribution in [1.82, 2.24) is 14.5 Å². The lowest BCUT2D eigenvalue weighted by atomic mass is 10.1. The Morgan fingerprint density at radius 1 is 1.18 bits per heavy atom. The number of hydrogen-bond donors (Lipinski definition) is 2. The molecule has 7 heteroatoms. The normalized spacial score (nSPS) is 10.9. The number of halogens is 1. The van der Waals surface area contributed by atoms with E-state index < -0.39 is 5.91 Å². The van der Waals surface area contributed by atoms with Crippen molar-refractivity contribution in [2.24, 2.45) is 5.73 Å². The summed E-state index contributed by atoms with van der Waals surface area (Å²) in [6.07, 6.45) is 1.57. The number of benzene rings is 2. The van der Waals surface area contributed by atoms with Gasteiger partial charge in [-0.05, 0) is 30.7 Å². The minimum absolute atomic E-state index is 0.437. The van der Waals surface area contributed by atoms with Crippen molar-refractivity contribution in [3.05, 3.63) is 82.6 Å². The molecule has 4 rings (SSSR count). The molecule has 0 radical (unpaired) electrons. The zero-order valence-corrected chi connectivity index (χ0v) is 15.9. The number of amides is 1. The van der Waals surface area contributed by atoms with Gasteiger partial charge in [0.2, 0.25) is 11.9 Å². The zero-order chi connectivity index (χ0) is 19.7. The maximum atomic E-state index is 11.7. The van der Waals surface area contributed by atoms with Gasteiger partial charge in [0, 0.05) is 23.2 Å². The molecule has 0 fully saturated rings. The van der Waals surface area contributed by atoms with Crippen molar-refractivity contribution in [2.45, 2.75) is 13.5 Å². The third-order valence-electron chi connectivity index (χ3n) is 4.53. The molecule has 6 nitrogen and oxygen atoms in total. The van der Waals surface area contributed by atoms with Crippen molar-refractivity contribution in [2.75, 3.05) is 5.32 Å². The van der Waals surface area contributed by atoms with Crippen LogP contribution < -0.4 is 11.1 Å². The summed E-state index contributed by atoms with van der Waals surface area (Å²) in [6, 6.07) is 17.3. The fraction of sp³-hybridized carbons (Fsp3) is 0.0952. The summed E-state index contributed by atoms with van der Waals surface area (Å²) in [5.41, 5.74) is 8.80. The number of hydrogen-bond acceptors (Lipinski definition) is 4. The van der Waals surface area contributed by atoms with Crippen molar-refractivity contribution in [3.8, 4) is 5.95 Å². The monoisotopic (exact) mass is 391 g/mol. The molecule has 0 atom stereocenters. The van der Waals surface area contributed by atoms with Gasteiger partial charge in [0.1, 0.15) is 5.02 Å². The summed E-state index contributed by atoms with van der Waals surface area (Å²) in [5.74, 6) is 0.543. The van der Waals surface area contributed by atoms with Crippen LogP contribution in [-0.4, -0.2) is 20.4 Å². The molecule has 0 saturated carbocycles. The zero-order valence-electron chi connectivity index (χ0n) is 15.2. The maximum absolute atomic E-state index is 11.7. The molecule has 0 saturated heterocycles. The highest BCUT2D eigenvalue weighted by molar-refractivity contribution is 6.32. The Kier molecular flexibility index (Phi) is 4.71. The molecule has 0 aliphatic heterocycles. The lowest BCUT2D eigenvalue weighted by Crippen LogP contribution is -2.11. The first-order valence-corrected chi connectivity index (χ1v) is 9.14. The van der Waals surface area contributed by atoms with E-state index in [1.807, 2.05) is 54.0 Å². The Hall–Kier alpha value is -3.38. The Bertz CT molecular complexity index is 1170. The van der Waals surface area contributed by atoms with Crippen molar-refractivity contribution in [1.29, 1.82) is 0 Å². The molecule has 0 aliphatic rings. The fourth-order valence-corrected chi connectivity index (χ4v) is 3.37. The minimum Gasteiger partial charge on any atom is -0.366 e. The van der Waals surface area contributed by atoms with Crippen LogP contribution in [0.4, 0.5) is 5.82 Å². The number of anilines is 1. The molecule has 1 amide bonds. The second-order valence-electron chi connectivity index (χ2n) is 6.43. The summed E-state index contributed by atoms with van der Waals surface area (Å²) in [7, 11) is 0. The first kappa shape index (κ1) is 18.0. The molecule has 2 aromatic heterocycles. The van der Waals surface area contributed by atoms with Crippen LogP contribution in [0.5, 0.6) is 0 Å². The first-order valence-electron chi connectivity index (χ1n) is 8.76. The number of aromatic nitrogens is 3.